The van der Waals surface area contributed by atoms with E-state index in [1.165, 1.54) is 7.05 Å². The van der Waals surface area contributed by atoms with Crippen LogP contribution in [0.4, 0.5) is 4.79 Å². The summed E-state index contributed by atoms with van der Waals surface area (Å²) in [6, 6.07) is 0. The van der Waals surface area contributed by atoms with E-state index in [9.17, 15) is 4.79 Å². The Labute approximate surface area is 127 Å². The lowest BCUT2D eigenvalue weighted by molar-refractivity contribution is 0.181. The maximum atomic E-state index is 10.7. The number of benzene rings is 1. The number of halogens is 5. The summed E-state index contributed by atoms with van der Waals surface area (Å²) in [5.74, 6) is 0. The van der Waals surface area contributed by atoms with Crippen LogP contribution in [-0.4, -0.2) is 22.6 Å². The van der Waals surface area contributed by atoms with Crippen molar-refractivity contribution >= 4 is 76.0 Å². The van der Waals surface area contributed by atoms with Crippen molar-refractivity contribution in [2.45, 2.75) is 4.90 Å². The molecular formula is C8H4Cl5NO2S. The summed E-state index contributed by atoms with van der Waals surface area (Å²) in [6.45, 7) is 0. The van der Waals surface area contributed by atoms with Crippen LogP contribution in [0.5, 0.6) is 0 Å². The molecule has 1 amide bonds. The predicted octanol–water partition coefficient (Wildman–Crippen LogP) is 5.57. The van der Waals surface area contributed by atoms with Gasteiger partial charge in [0.25, 0.3) is 0 Å². The van der Waals surface area contributed by atoms with Gasteiger partial charge in [0.2, 0.25) is 0 Å². The van der Waals surface area contributed by atoms with Crippen LogP contribution in [0.3, 0.4) is 0 Å². The Balaban J connectivity index is 3.30. The number of amides is 1. The number of nitrogens with zero attached hydrogens (tertiary/aromatic N) is 1. The van der Waals surface area contributed by atoms with Gasteiger partial charge < -0.3 is 5.11 Å². The third kappa shape index (κ3) is 3.19. The van der Waals surface area contributed by atoms with Gasteiger partial charge in [-0.25, -0.2) is 4.79 Å². The van der Waals surface area contributed by atoms with Crippen molar-refractivity contribution in [3.8, 4) is 0 Å². The minimum atomic E-state index is -1.16. The van der Waals surface area contributed by atoms with E-state index in [4.69, 9.17) is 63.1 Å². The molecule has 1 N–H and O–H groups in total. The number of hydrogen-bond donors (Lipinski definition) is 1. The second-order valence-corrected chi connectivity index (χ2v) is 5.80. The van der Waals surface area contributed by atoms with Gasteiger partial charge in [-0.3, -0.25) is 4.31 Å². The van der Waals surface area contributed by atoms with E-state index >= 15 is 0 Å². The molecule has 0 aliphatic heterocycles. The normalized spacial score (nSPS) is 10.5. The molecule has 17 heavy (non-hydrogen) atoms. The van der Waals surface area contributed by atoms with Gasteiger partial charge in [-0.15, -0.1) is 0 Å². The third-order valence-electron chi connectivity index (χ3n) is 1.67. The van der Waals surface area contributed by atoms with Crippen molar-refractivity contribution < 1.29 is 9.90 Å². The summed E-state index contributed by atoms with van der Waals surface area (Å²) in [4.78, 5) is 10.9. The Morgan fingerprint density at radius 2 is 1.35 bits per heavy atom. The van der Waals surface area contributed by atoms with Crippen molar-refractivity contribution in [2.75, 3.05) is 7.05 Å². The highest BCUT2D eigenvalue weighted by Crippen LogP contribution is 2.48. The van der Waals surface area contributed by atoms with E-state index in [1.807, 2.05) is 0 Å². The lowest BCUT2D eigenvalue weighted by atomic mass is 10.3. The molecule has 0 aliphatic carbocycles. The Morgan fingerprint density at radius 3 is 1.71 bits per heavy atom. The average Bonchev–Trinajstić information content (AvgIpc) is 2.29. The zero-order valence-corrected chi connectivity index (χ0v) is 12.7. The van der Waals surface area contributed by atoms with Crippen LogP contribution in [0.1, 0.15) is 0 Å². The van der Waals surface area contributed by atoms with E-state index in [0.29, 0.717) is 0 Å². The molecule has 0 fully saturated rings. The fourth-order valence-corrected chi connectivity index (χ4v) is 3.01. The molecule has 0 bridgehead atoms. The van der Waals surface area contributed by atoms with Crippen LogP contribution in [0, 0.1) is 0 Å². The highest BCUT2D eigenvalue weighted by molar-refractivity contribution is 7.97. The first kappa shape index (κ1) is 15.3. The molecule has 0 atom stereocenters. The van der Waals surface area contributed by atoms with Gasteiger partial charge in [0.15, 0.2) is 0 Å². The van der Waals surface area contributed by atoms with E-state index in [1.54, 1.807) is 0 Å². The minimum Gasteiger partial charge on any atom is -0.464 e. The molecule has 0 heterocycles. The Kier molecular flexibility index (Phi) is 5.38. The molecule has 1 rings (SSSR count). The van der Waals surface area contributed by atoms with Gasteiger partial charge in [-0.2, -0.15) is 0 Å². The Hall–Kier alpha value is 0.290. The Morgan fingerprint density at radius 1 is 1.00 bits per heavy atom. The molecule has 3 nitrogen and oxygen atoms in total. The lowest BCUT2D eigenvalue weighted by Gasteiger charge is -2.16. The molecule has 0 saturated carbocycles. The van der Waals surface area contributed by atoms with E-state index in [-0.39, 0.29) is 30.0 Å². The molecule has 0 radical (unpaired) electrons. The molecule has 0 unspecified atom stereocenters. The van der Waals surface area contributed by atoms with E-state index in [0.717, 1.165) is 16.3 Å². The van der Waals surface area contributed by atoms with Crippen LogP contribution < -0.4 is 0 Å². The van der Waals surface area contributed by atoms with Crippen molar-refractivity contribution in [3.05, 3.63) is 25.1 Å². The minimum absolute atomic E-state index is 0.0315. The standard InChI is InChI=1S/C8H4Cl5NO2S/c1-14(8(15)16)17-7-5(12)3(10)2(9)4(11)6(7)13/h1H3,(H,15,16). The van der Waals surface area contributed by atoms with Gasteiger partial charge in [0, 0.05) is 7.05 Å². The number of carboxylic acid groups (broad SMARTS) is 1. The Bertz CT molecular complexity index is 452. The third-order valence-corrected chi connectivity index (χ3v) is 5.19. The predicted molar refractivity (Wildman–Crippen MR) is 73.1 cm³/mol. The first-order valence-corrected chi connectivity index (χ1v) is 6.59. The van der Waals surface area contributed by atoms with Crippen molar-refractivity contribution in [1.82, 2.24) is 4.31 Å². The highest BCUT2D eigenvalue weighted by atomic mass is 35.5. The fourth-order valence-electron chi connectivity index (χ4n) is 0.841. The topological polar surface area (TPSA) is 40.5 Å². The number of carbonyl (C=O) groups is 1. The molecule has 9 heteroatoms. The molecular weight excluding hydrogens is 351 g/mol. The van der Waals surface area contributed by atoms with Crippen LogP contribution in [0.2, 0.25) is 25.1 Å². The summed E-state index contributed by atoms with van der Waals surface area (Å²) in [5, 5.41) is 8.96. The lowest BCUT2D eigenvalue weighted by Crippen LogP contribution is -2.16. The summed E-state index contributed by atoms with van der Waals surface area (Å²) in [7, 11) is 1.33. The summed E-state index contributed by atoms with van der Waals surface area (Å²) < 4.78 is 0.910. The van der Waals surface area contributed by atoms with Crippen molar-refractivity contribution in [1.29, 1.82) is 0 Å². The molecule has 1 aromatic rings. The molecule has 1 aromatic carbocycles. The second kappa shape index (κ2) is 5.95. The monoisotopic (exact) mass is 353 g/mol. The number of hydrogen-bond acceptors (Lipinski definition) is 2. The van der Waals surface area contributed by atoms with Crippen LogP contribution in [0.15, 0.2) is 4.90 Å². The van der Waals surface area contributed by atoms with Gasteiger partial charge in [-0.05, 0) is 11.9 Å². The van der Waals surface area contributed by atoms with Gasteiger partial charge in [0.05, 0.1) is 30.0 Å². The van der Waals surface area contributed by atoms with Gasteiger partial charge in [-0.1, -0.05) is 58.0 Å². The largest absolute Gasteiger partial charge is 0.464 e. The maximum Gasteiger partial charge on any atom is 0.417 e. The summed E-state index contributed by atoms with van der Waals surface area (Å²) in [5.41, 5.74) is 0. The van der Waals surface area contributed by atoms with Crippen LogP contribution in [-0.2, 0) is 0 Å². The van der Waals surface area contributed by atoms with Crippen molar-refractivity contribution in [2.24, 2.45) is 0 Å². The fraction of sp³-hybridized carbons (Fsp3) is 0.125. The first-order valence-electron chi connectivity index (χ1n) is 3.93. The molecule has 94 valence electrons. The quantitative estimate of drug-likeness (QED) is 0.428. The van der Waals surface area contributed by atoms with Gasteiger partial charge >= 0.3 is 6.09 Å². The van der Waals surface area contributed by atoms with Crippen LogP contribution >= 0.6 is 70.0 Å². The average molecular weight is 355 g/mol. The van der Waals surface area contributed by atoms with Crippen molar-refractivity contribution in [3.63, 3.8) is 0 Å². The zero-order valence-electron chi connectivity index (χ0n) is 8.10. The van der Waals surface area contributed by atoms with E-state index in [2.05, 4.69) is 0 Å². The summed E-state index contributed by atoms with van der Waals surface area (Å²) >= 11 is 30.1. The maximum absolute atomic E-state index is 10.7. The number of rotatable bonds is 2. The smallest absolute Gasteiger partial charge is 0.417 e. The second-order valence-electron chi connectivity index (χ2n) is 2.77. The molecule has 0 saturated heterocycles. The SMILES string of the molecule is CN(Sc1c(Cl)c(Cl)c(Cl)c(Cl)c1Cl)C(=O)O. The first-order chi connectivity index (χ1) is 7.77. The van der Waals surface area contributed by atoms with Gasteiger partial charge in [0.1, 0.15) is 0 Å². The van der Waals surface area contributed by atoms with E-state index < -0.39 is 6.09 Å². The zero-order chi connectivity index (χ0) is 13.3. The molecule has 0 spiro atoms. The molecule has 0 aliphatic rings. The molecule has 0 aromatic heterocycles. The highest BCUT2D eigenvalue weighted by Gasteiger charge is 2.22. The van der Waals surface area contributed by atoms with Crippen LogP contribution in [0.25, 0.3) is 0 Å². The summed E-state index contributed by atoms with van der Waals surface area (Å²) in [6.07, 6.45) is -1.16.